The first-order valence-corrected chi connectivity index (χ1v) is 11.9. The molecular formula is C26H35N3O5. The van der Waals surface area contributed by atoms with Crippen molar-refractivity contribution in [1.29, 1.82) is 0 Å². The Morgan fingerprint density at radius 2 is 1.94 bits per heavy atom. The van der Waals surface area contributed by atoms with E-state index in [0.29, 0.717) is 35.8 Å². The SMILES string of the molecule is Cc1cc(CCC(=O)n2nc(C)c3c2CC2[C@H]3C2(C)C)cc(C)c1OCC(O)CNC(=O)CO. The zero-order valence-corrected chi connectivity index (χ0v) is 20.6. The Labute approximate surface area is 200 Å². The minimum Gasteiger partial charge on any atom is -0.490 e. The number of fused-ring (bicyclic) bond motifs is 3. The second-order valence-electron chi connectivity index (χ2n) is 10.3. The molecule has 1 aromatic carbocycles. The molecule has 0 aliphatic heterocycles. The molecule has 2 aliphatic rings. The summed E-state index contributed by atoms with van der Waals surface area (Å²) in [5, 5.41) is 25.7. The highest BCUT2D eigenvalue weighted by molar-refractivity contribution is 5.80. The molecule has 8 heteroatoms. The summed E-state index contributed by atoms with van der Waals surface area (Å²) in [6.07, 6.45) is 1.05. The summed E-state index contributed by atoms with van der Waals surface area (Å²) in [5.74, 6) is 1.37. The van der Waals surface area contributed by atoms with Crippen molar-refractivity contribution in [1.82, 2.24) is 15.1 Å². The van der Waals surface area contributed by atoms with Crippen molar-refractivity contribution in [3.63, 3.8) is 0 Å². The lowest BCUT2D eigenvalue weighted by Gasteiger charge is -2.17. The molecule has 3 N–H and O–H groups in total. The van der Waals surface area contributed by atoms with Gasteiger partial charge in [0.1, 0.15) is 25.1 Å². The summed E-state index contributed by atoms with van der Waals surface area (Å²) < 4.78 is 7.44. The number of aryl methyl sites for hydroxylation is 4. The summed E-state index contributed by atoms with van der Waals surface area (Å²) >= 11 is 0. The summed E-state index contributed by atoms with van der Waals surface area (Å²) in [7, 11) is 0. The molecule has 4 rings (SSSR count). The summed E-state index contributed by atoms with van der Waals surface area (Å²) in [4.78, 5) is 24.1. The van der Waals surface area contributed by atoms with Crippen LogP contribution in [0, 0.1) is 32.1 Å². The minimum absolute atomic E-state index is 0.00722. The van der Waals surface area contributed by atoms with Crippen LogP contribution < -0.4 is 10.1 Å². The first kappa shape index (κ1) is 24.4. The van der Waals surface area contributed by atoms with Gasteiger partial charge in [0.05, 0.1) is 11.4 Å². The first-order chi connectivity index (χ1) is 16.0. The normalized spacial score (nSPS) is 20.4. The predicted octanol–water partition coefficient (Wildman–Crippen LogP) is 2.23. The molecule has 2 aliphatic carbocycles. The highest BCUT2D eigenvalue weighted by Gasteiger charge is 2.64. The van der Waals surface area contributed by atoms with Crippen LogP contribution in [0.2, 0.25) is 0 Å². The minimum atomic E-state index is -0.887. The first-order valence-electron chi connectivity index (χ1n) is 11.9. The van der Waals surface area contributed by atoms with Crippen LogP contribution in [0.5, 0.6) is 5.75 Å². The van der Waals surface area contributed by atoms with Crippen molar-refractivity contribution in [2.24, 2.45) is 11.3 Å². The number of hydrogen-bond donors (Lipinski definition) is 3. The monoisotopic (exact) mass is 469 g/mol. The number of ether oxygens (including phenoxy) is 1. The predicted molar refractivity (Wildman–Crippen MR) is 127 cm³/mol. The number of benzene rings is 1. The van der Waals surface area contributed by atoms with Gasteiger partial charge >= 0.3 is 0 Å². The Hall–Kier alpha value is -2.71. The van der Waals surface area contributed by atoms with E-state index < -0.39 is 18.6 Å². The molecule has 0 saturated heterocycles. The second-order valence-corrected chi connectivity index (χ2v) is 10.3. The van der Waals surface area contributed by atoms with E-state index in [2.05, 4.69) is 24.3 Å². The third-order valence-electron chi connectivity index (χ3n) is 7.46. The average Bonchev–Trinajstić information content (AvgIpc) is 3.10. The van der Waals surface area contributed by atoms with Gasteiger partial charge in [0.2, 0.25) is 11.8 Å². The molecule has 1 heterocycles. The molecule has 3 atom stereocenters. The lowest BCUT2D eigenvalue weighted by Crippen LogP contribution is -2.36. The van der Waals surface area contributed by atoms with Crippen LogP contribution in [0.3, 0.4) is 0 Å². The largest absolute Gasteiger partial charge is 0.490 e. The van der Waals surface area contributed by atoms with Crippen molar-refractivity contribution in [3.8, 4) is 5.75 Å². The van der Waals surface area contributed by atoms with Crippen LogP contribution >= 0.6 is 0 Å². The number of amides is 1. The van der Waals surface area contributed by atoms with E-state index in [1.165, 1.54) is 5.56 Å². The van der Waals surface area contributed by atoms with Gasteiger partial charge in [-0.3, -0.25) is 9.59 Å². The number of aliphatic hydroxyl groups is 2. The number of nitrogens with one attached hydrogen (secondary N) is 1. The smallest absolute Gasteiger partial charge is 0.247 e. The van der Waals surface area contributed by atoms with Gasteiger partial charge in [0, 0.05) is 18.5 Å². The maximum absolute atomic E-state index is 13.0. The summed E-state index contributed by atoms with van der Waals surface area (Å²) in [6.45, 7) is 9.91. The van der Waals surface area contributed by atoms with Gasteiger partial charge in [-0.15, -0.1) is 0 Å². The molecule has 1 saturated carbocycles. The highest BCUT2D eigenvalue weighted by atomic mass is 16.5. The number of carbonyl (C=O) groups excluding carboxylic acids is 2. The van der Waals surface area contributed by atoms with E-state index in [9.17, 15) is 14.7 Å². The van der Waals surface area contributed by atoms with Gasteiger partial charge in [-0.25, -0.2) is 4.68 Å². The molecule has 184 valence electrons. The van der Waals surface area contributed by atoms with Crippen molar-refractivity contribution in [3.05, 3.63) is 45.8 Å². The van der Waals surface area contributed by atoms with E-state index in [0.717, 1.165) is 34.5 Å². The number of aromatic nitrogens is 2. The molecule has 1 aromatic heterocycles. The van der Waals surface area contributed by atoms with Crippen LogP contribution in [-0.4, -0.2) is 57.7 Å². The van der Waals surface area contributed by atoms with E-state index in [1.807, 2.05) is 32.9 Å². The maximum Gasteiger partial charge on any atom is 0.247 e. The third kappa shape index (κ3) is 4.49. The fourth-order valence-electron chi connectivity index (χ4n) is 5.60. The van der Waals surface area contributed by atoms with Crippen molar-refractivity contribution in [2.45, 2.75) is 65.9 Å². The Balaban J connectivity index is 1.35. The standard InChI is InChI=1S/C26H35N3O5/c1-14-8-17(9-15(2)25(14)34-13-18(31)11-27-21(32)12-30)6-7-22(33)29-20-10-19-24(26(19,4)5)23(20)16(3)28-29/h8-9,18-19,24,30-31H,6-7,10-13H2,1-5H3,(H,27,32)/t18?,19?,24-/m1/s1. The highest BCUT2D eigenvalue weighted by Crippen LogP contribution is 2.70. The molecule has 2 aromatic rings. The van der Waals surface area contributed by atoms with Gasteiger partial charge in [0.15, 0.2) is 0 Å². The molecule has 8 nitrogen and oxygen atoms in total. The lowest BCUT2D eigenvalue weighted by atomic mass is 9.98. The van der Waals surface area contributed by atoms with E-state index in [1.54, 1.807) is 4.68 Å². The van der Waals surface area contributed by atoms with Gasteiger partial charge in [0.25, 0.3) is 0 Å². The van der Waals surface area contributed by atoms with Crippen molar-refractivity contribution >= 4 is 11.8 Å². The van der Waals surface area contributed by atoms with Crippen molar-refractivity contribution < 1.29 is 24.5 Å². The Morgan fingerprint density at radius 1 is 1.26 bits per heavy atom. The zero-order chi connectivity index (χ0) is 24.8. The van der Waals surface area contributed by atoms with Crippen LogP contribution in [-0.2, 0) is 17.6 Å². The summed E-state index contributed by atoms with van der Waals surface area (Å²) in [6, 6.07) is 4.01. The van der Waals surface area contributed by atoms with Crippen LogP contribution in [0.25, 0.3) is 0 Å². The molecule has 1 fully saturated rings. The Morgan fingerprint density at radius 3 is 2.59 bits per heavy atom. The Kier molecular flexibility index (Phi) is 6.57. The van der Waals surface area contributed by atoms with Gasteiger partial charge in [-0.2, -0.15) is 5.10 Å². The van der Waals surface area contributed by atoms with Crippen LogP contribution in [0.1, 0.15) is 64.6 Å². The van der Waals surface area contributed by atoms with Crippen LogP contribution in [0.4, 0.5) is 0 Å². The average molecular weight is 470 g/mol. The third-order valence-corrected chi connectivity index (χ3v) is 7.46. The van der Waals surface area contributed by atoms with Crippen molar-refractivity contribution in [2.75, 3.05) is 19.8 Å². The fraction of sp³-hybridized carbons (Fsp3) is 0.577. The molecule has 0 bridgehead atoms. The van der Waals surface area contributed by atoms with E-state index >= 15 is 0 Å². The van der Waals surface area contributed by atoms with Gasteiger partial charge < -0.3 is 20.3 Å². The lowest BCUT2D eigenvalue weighted by molar-refractivity contribution is -0.124. The number of nitrogens with zero attached hydrogens (tertiary/aromatic N) is 2. The molecule has 2 unspecified atom stereocenters. The zero-order valence-electron chi connectivity index (χ0n) is 20.6. The Bertz CT molecular complexity index is 1100. The molecule has 34 heavy (non-hydrogen) atoms. The number of hydrogen-bond acceptors (Lipinski definition) is 6. The van der Waals surface area contributed by atoms with Gasteiger partial charge in [-0.05, 0) is 67.6 Å². The summed E-state index contributed by atoms with van der Waals surface area (Å²) in [5.41, 5.74) is 6.64. The molecular weight excluding hydrogens is 434 g/mol. The quantitative estimate of drug-likeness (QED) is 0.519. The maximum atomic E-state index is 13.0. The number of aliphatic hydroxyl groups excluding tert-OH is 2. The topological polar surface area (TPSA) is 114 Å². The molecule has 0 spiro atoms. The number of carbonyl (C=O) groups is 2. The molecule has 1 amide bonds. The van der Waals surface area contributed by atoms with E-state index in [4.69, 9.17) is 9.84 Å². The van der Waals surface area contributed by atoms with Gasteiger partial charge in [-0.1, -0.05) is 26.0 Å². The number of rotatable bonds is 9. The fourth-order valence-corrected chi connectivity index (χ4v) is 5.60. The van der Waals surface area contributed by atoms with E-state index in [-0.39, 0.29) is 19.1 Å². The van der Waals surface area contributed by atoms with Crippen LogP contribution in [0.15, 0.2) is 12.1 Å². The second kappa shape index (κ2) is 9.15. The molecule has 0 radical (unpaired) electrons.